The maximum atomic E-state index is 10.1. The van der Waals surface area contributed by atoms with Crippen molar-refractivity contribution in [1.82, 2.24) is 5.32 Å². The van der Waals surface area contributed by atoms with Crippen LogP contribution >= 0.6 is 11.3 Å². The standard InChI is InChI=1S/C10H13NO2S/c12-10(13)2-1-5-11-6-3-9-4-7-14-8-9/h1-2,4,7-8,11H,3,5-6H2,(H,12,13)/b2-1+. The molecule has 0 unspecified atom stereocenters. The number of rotatable bonds is 6. The van der Waals surface area contributed by atoms with Crippen LogP contribution in [0.15, 0.2) is 29.0 Å². The maximum Gasteiger partial charge on any atom is 0.328 e. The molecule has 76 valence electrons. The summed E-state index contributed by atoms with van der Waals surface area (Å²) in [5, 5.41) is 15.6. The number of thiophene rings is 1. The topological polar surface area (TPSA) is 49.3 Å². The van der Waals surface area contributed by atoms with E-state index in [1.165, 1.54) is 5.56 Å². The summed E-state index contributed by atoms with van der Waals surface area (Å²) >= 11 is 1.69. The fourth-order valence-electron chi connectivity index (χ4n) is 1.01. The average molecular weight is 211 g/mol. The lowest BCUT2D eigenvalue weighted by Gasteiger charge is -1.98. The number of carboxylic acid groups (broad SMARTS) is 1. The minimum Gasteiger partial charge on any atom is -0.478 e. The Morgan fingerprint density at radius 2 is 2.50 bits per heavy atom. The lowest BCUT2D eigenvalue weighted by molar-refractivity contribution is -0.131. The van der Waals surface area contributed by atoms with Crippen molar-refractivity contribution in [3.8, 4) is 0 Å². The summed E-state index contributed by atoms with van der Waals surface area (Å²) in [5.41, 5.74) is 1.32. The molecule has 3 nitrogen and oxygen atoms in total. The Labute approximate surface area is 87.1 Å². The lowest BCUT2D eigenvalue weighted by Crippen LogP contribution is -2.16. The van der Waals surface area contributed by atoms with Crippen LogP contribution in [-0.2, 0) is 11.2 Å². The summed E-state index contributed by atoms with van der Waals surface area (Å²) in [6, 6.07) is 2.10. The SMILES string of the molecule is O=C(O)/C=C/CNCCc1ccsc1. The third-order valence-corrected chi connectivity index (χ3v) is 2.43. The summed E-state index contributed by atoms with van der Waals surface area (Å²) < 4.78 is 0. The first-order chi connectivity index (χ1) is 6.79. The molecular weight excluding hydrogens is 198 g/mol. The molecule has 0 aliphatic carbocycles. The molecule has 1 aromatic rings. The van der Waals surface area contributed by atoms with E-state index in [0.717, 1.165) is 19.0 Å². The fourth-order valence-corrected chi connectivity index (χ4v) is 1.72. The highest BCUT2D eigenvalue weighted by Gasteiger charge is 1.91. The zero-order chi connectivity index (χ0) is 10.2. The molecule has 0 radical (unpaired) electrons. The molecule has 0 bridgehead atoms. The second-order valence-electron chi connectivity index (χ2n) is 2.83. The third kappa shape index (κ3) is 4.79. The van der Waals surface area contributed by atoms with E-state index >= 15 is 0 Å². The Kier molecular flexibility index (Phi) is 4.96. The van der Waals surface area contributed by atoms with Crippen LogP contribution in [0.1, 0.15) is 5.56 Å². The summed E-state index contributed by atoms with van der Waals surface area (Å²) in [6.07, 6.45) is 3.75. The molecule has 0 aliphatic heterocycles. The molecule has 0 atom stereocenters. The minimum atomic E-state index is -0.898. The van der Waals surface area contributed by atoms with E-state index in [0.29, 0.717) is 6.54 Å². The summed E-state index contributed by atoms with van der Waals surface area (Å²) in [5.74, 6) is -0.898. The van der Waals surface area contributed by atoms with Gasteiger partial charge in [-0.05, 0) is 35.4 Å². The van der Waals surface area contributed by atoms with Crippen molar-refractivity contribution in [3.63, 3.8) is 0 Å². The minimum absolute atomic E-state index is 0.608. The quantitative estimate of drug-likeness (QED) is 0.554. The van der Waals surface area contributed by atoms with Gasteiger partial charge >= 0.3 is 5.97 Å². The van der Waals surface area contributed by atoms with E-state index in [-0.39, 0.29) is 0 Å². The van der Waals surface area contributed by atoms with E-state index < -0.39 is 5.97 Å². The molecular formula is C10H13NO2S. The van der Waals surface area contributed by atoms with Crippen LogP contribution in [0.5, 0.6) is 0 Å². The first-order valence-electron chi connectivity index (χ1n) is 4.40. The molecule has 1 aromatic heterocycles. The zero-order valence-electron chi connectivity index (χ0n) is 7.77. The third-order valence-electron chi connectivity index (χ3n) is 1.69. The first kappa shape index (κ1) is 10.9. The number of nitrogens with one attached hydrogen (secondary N) is 1. The lowest BCUT2D eigenvalue weighted by atomic mass is 10.2. The molecule has 2 N–H and O–H groups in total. The van der Waals surface area contributed by atoms with Gasteiger partial charge in [0, 0.05) is 12.6 Å². The first-order valence-corrected chi connectivity index (χ1v) is 5.34. The van der Waals surface area contributed by atoms with Gasteiger partial charge in [-0.15, -0.1) is 0 Å². The van der Waals surface area contributed by atoms with E-state index in [2.05, 4.69) is 22.1 Å². The van der Waals surface area contributed by atoms with Crippen LogP contribution in [0.4, 0.5) is 0 Å². The van der Waals surface area contributed by atoms with Crippen LogP contribution in [0.25, 0.3) is 0 Å². The molecule has 0 aromatic carbocycles. The zero-order valence-corrected chi connectivity index (χ0v) is 8.59. The van der Waals surface area contributed by atoms with Crippen molar-refractivity contribution in [2.24, 2.45) is 0 Å². The highest BCUT2D eigenvalue weighted by Crippen LogP contribution is 2.05. The van der Waals surface area contributed by atoms with Gasteiger partial charge in [0.15, 0.2) is 0 Å². The average Bonchev–Trinajstić information content (AvgIpc) is 2.63. The van der Waals surface area contributed by atoms with Crippen LogP contribution < -0.4 is 5.32 Å². The van der Waals surface area contributed by atoms with Gasteiger partial charge in [-0.3, -0.25) is 0 Å². The van der Waals surface area contributed by atoms with Crippen LogP contribution in [0, 0.1) is 0 Å². The van der Waals surface area contributed by atoms with Gasteiger partial charge in [-0.1, -0.05) is 6.08 Å². The van der Waals surface area contributed by atoms with E-state index in [9.17, 15) is 4.79 Å². The Balaban J connectivity index is 2.03. The van der Waals surface area contributed by atoms with Crippen LogP contribution in [0.2, 0.25) is 0 Å². The summed E-state index contributed by atoms with van der Waals surface area (Å²) in [7, 11) is 0. The van der Waals surface area contributed by atoms with Crippen molar-refractivity contribution < 1.29 is 9.90 Å². The summed E-state index contributed by atoms with van der Waals surface area (Å²) in [6.45, 7) is 1.48. The second kappa shape index (κ2) is 6.34. The van der Waals surface area contributed by atoms with Gasteiger partial charge in [0.2, 0.25) is 0 Å². The monoisotopic (exact) mass is 211 g/mol. The largest absolute Gasteiger partial charge is 0.478 e. The highest BCUT2D eigenvalue weighted by molar-refractivity contribution is 7.07. The van der Waals surface area contributed by atoms with Gasteiger partial charge < -0.3 is 10.4 Å². The smallest absolute Gasteiger partial charge is 0.328 e. The fraction of sp³-hybridized carbons (Fsp3) is 0.300. The highest BCUT2D eigenvalue weighted by atomic mass is 32.1. The van der Waals surface area contributed by atoms with E-state index in [4.69, 9.17) is 5.11 Å². The predicted molar refractivity (Wildman–Crippen MR) is 57.7 cm³/mol. The molecule has 14 heavy (non-hydrogen) atoms. The van der Waals surface area contributed by atoms with Gasteiger partial charge in [0.1, 0.15) is 0 Å². The van der Waals surface area contributed by atoms with Crippen LogP contribution in [0.3, 0.4) is 0 Å². The number of carboxylic acids is 1. The maximum absolute atomic E-state index is 10.1. The van der Waals surface area contributed by atoms with Crippen LogP contribution in [-0.4, -0.2) is 24.2 Å². The molecule has 0 amide bonds. The number of hydrogen-bond donors (Lipinski definition) is 2. The molecule has 4 heteroatoms. The second-order valence-corrected chi connectivity index (χ2v) is 3.61. The Morgan fingerprint density at radius 3 is 3.14 bits per heavy atom. The van der Waals surface area contributed by atoms with Gasteiger partial charge in [-0.2, -0.15) is 11.3 Å². The molecule has 1 heterocycles. The van der Waals surface area contributed by atoms with Gasteiger partial charge in [0.25, 0.3) is 0 Å². The van der Waals surface area contributed by atoms with Crippen molar-refractivity contribution in [2.75, 3.05) is 13.1 Å². The summed E-state index contributed by atoms with van der Waals surface area (Å²) in [4.78, 5) is 10.1. The normalized spacial score (nSPS) is 10.9. The van der Waals surface area contributed by atoms with Crippen molar-refractivity contribution in [3.05, 3.63) is 34.5 Å². The molecule has 0 spiro atoms. The number of aliphatic carboxylic acids is 1. The predicted octanol–water partition coefficient (Wildman–Crippen LogP) is 1.52. The molecule has 0 saturated heterocycles. The molecule has 0 saturated carbocycles. The van der Waals surface area contributed by atoms with E-state index in [1.807, 2.05) is 0 Å². The Bertz CT molecular complexity index is 293. The number of hydrogen-bond acceptors (Lipinski definition) is 3. The van der Waals surface area contributed by atoms with Crippen molar-refractivity contribution in [2.45, 2.75) is 6.42 Å². The number of carbonyl (C=O) groups is 1. The molecule has 0 fully saturated rings. The Hall–Kier alpha value is -1.13. The molecule has 0 aliphatic rings. The van der Waals surface area contributed by atoms with Crippen molar-refractivity contribution in [1.29, 1.82) is 0 Å². The van der Waals surface area contributed by atoms with E-state index in [1.54, 1.807) is 17.4 Å². The Morgan fingerprint density at radius 1 is 1.64 bits per heavy atom. The molecule has 1 rings (SSSR count). The van der Waals surface area contributed by atoms with Crippen molar-refractivity contribution >= 4 is 17.3 Å². The van der Waals surface area contributed by atoms with Gasteiger partial charge in [0.05, 0.1) is 0 Å². The van der Waals surface area contributed by atoms with Gasteiger partial charge in [-0.25, -0.2) is 4.79 Å².